The molecule has 0 unspecified atom stereocenters. The second kappa shape index (κ2) is 6.99. The molecule has 6 heteroatoms. The molecule has 1 saturated heterocycles. The van der Waals surface area contributed by atoms with E-state index in [1.54, 1.807) is 11.8 Å². The lowest BCUT2D eigenvalue weighted by Crippen LogP contribution is -2.51. The lowest BCUT2D eigenvalue weighted by molar-refractivity contribution is -0.131. The Hall–Kier alpha value is -0.780. The highest BCUT2D eigenvalue weighted by atomic mass is 35.5. The summed E-state index contributed by atoms with van der Waals surface area (Å²) in [5, 5.41) is 0.643. The number of piperidine rings is 1. The quantitative estimate of drug-likeness (QED) is 0.855. The number of carbonyl (C=O) groups is 1. The molecule has 2 rings (SSSR count). The summed E-state index contributed by atoms with van der Waals surface area (Å²) in [6.45, 7) is 1.39. The molecule has 1 aliphatic heterocycles. The maximum atomic E-state index is 12.4. The number of thioether (sulfide) groups is 1. The molecule has 0 bridgehead atoms. The molecule has 1 amide bonds. The van der Waals surface area contributed by atoms with Crippen molar-refractivity contribution in [1.82, 2.24) is 4.90 Å². The number of carbonyl (C=O) groups excluding carboxylic acids is 1. The van der Waals surface area contributed by atoms with Gasteiger partial charge in [-0.2, -0.15) is 11.8 Å². The predicted molar refractivity (Wildman–Crippen MR) is 94.0 cm³/mol. The number of thiocarbonyl (C=S) groups is 1. The van der Waals surface area contributed by atoms with Gasteiger partial charge >= 0.3 is 0 Å². The molecule has 0 spiro atoms. The van der Waals surface area contributed by atoms with Crippen LogP contribution in [-0.2, 0) is 11.2 Å². The van der Waals surface area contributed by atoms with Crippen LogP contribution in [0.3, 0.4) is 0 Å². The average Bonchev–Trinajstić information content (AvgIpc) is 2.49. The molecule has 114 valence electrons. The van der Waals surface area contributed by atoms with Crippen LogP contribution in [0.25, 0.3) is 0 Å². The van der Waals surface area contributed by atoms with Gasteiger partial charge in [0.05, 0.1) is 16.2 Å². The summed E-state index contributed by atoms with van der Waals surface area (Å²) in [5.74, 6) is 0.112. The molecular weight excluding hydrogens is 324 g/mol. The van der Waals surface area contributed by atoms with Crippen LogP contribution < -0.4 is 5.73 Å². The number of amides is 1. The smallest absolute Gasteiger partial charge is 0.227 e. The first-order chi connectivity index (χ1) is 9.98. The summed E-state index contributed by atoms with van der Waals surface area (Å²) in [7, 11) is 0. The zero-order chi connectivity index (χ0) is 15.5. The molecule has 0 radical (unpaired) electrons. The van der Waals surface area contributed by atoms with Crippen molar-refractivity contribution in [3.63, 3.8) is 0 Å². The summed E-state index contributed by atoms with van der Waals surface area (Å²) in [6.07, 6.45) is 4.01. The first-order valence-corrected chi connectivity index (χ1v) is 8.86. The lowest BCUT2D eigenvalue weighted by atomic mass is 9.95. The van der Waals surface area contributed by atoms with Crippen LogP contribution in [0.2, 0.25) is 5.02 Å². The highest BCUT2D eigenvalue weighted by Gasteiger charge is 2.37. The number of likely N-dealkylation sites (tertiary alicyclic amines) is 1. The summed E-state index contributed by atoms with van der Waals surface area (Å²) in [5.41, 5.74) is 6.74. The zero-order valence-electron chi connectivity index (χ0n) is 12.0. The summed E-state index contributed by atoms with van der Waals surface area (Å²) >= 11 is 13.0. The SMILES string of the molecule is CSC1(C(N)=S)CCN(C(=O)Cc2ccccc2Cl)CC1. The third kappa shape index (κ3) is 3.71. The zero-order valence-corrected chi connectivity index (χ0v) is 14.4. The number of nitrogens with zero attached hydrogens (tertiary/aromatic N) is 1. The van der Waals surface area contributed by atoms with Crippen molar-refractivity contribution in [2.75, 3.05) is 19.3 Å². The van der Waals surface area contributed by atoms with Crippen molar-refractivity contribution in [1.29, 1.82) is 0 Å². The minimum absolute atomic E-state index is 0.112. The molecule has 3 nitrogen and oxygen atoms in total. The normalized spacial score (nSPS) is 17.5. The number of hydrogen-bond donors (Lipinski definition) is 1. The van der Waals surface area contributed by atoms with Crippen LogP contribution >= 0.6 is 35.6 Å². The van der Waals surface area contributed by atoms with E-state index in [-0.39, 0.29) is 10.7 Å². The van der Waals surface area contributed by atoms with Crippen LogP contribution in [-0.4, -0.2) is 39.9 Å². The van der Waals surface area contributed by atoms with E-state index in [2.05, 4.69) is 0 Å². The van der Waals surface area contributed by atoms with Crippen LogP contribution in [0, 0.1) is 0 Å². The fraction of sp³-hybridized carbons (Fsp3) is 0.467. The van der Waals surface area contributed by atoms with Crippen molar-refractivity contribution in [2.24, 2.45) is 5.73 Å². The van der Waals surface area contributed by atoms with Gasteiger partial charge < -0.3 is 10.6 Å². The van der Waals surface area contributed by atoms with E-state index in [4.69, 9.17) is 29.6 Å². The molecule has 2 N–H and O–H groups in total. The largest absolute Gasteiger partial charge is 0.392 e. The van der Waals surface area contributed by atoms with Gasteiger partial charge in [-0.25, -0.2) is 0 Å². The predicted octanol–water partition coefficient (Wildman–Crippen LogP) is 2.89. The second-order valence-electron chi connectivity index (χ2n) is 5.21. The molecule has 1 fully saturated rings. The molecule has 0 aromatic heterocycles. The van der Waals surface area contributed by atoms with E-state index >= 15 is 0 Å². The maximum absolute atomic E-state index is 12.4. The molecule has 0 saturated carbocycles. The summed E-state index contributed by atoms with van der Waals surface area (Å²) < 4.78 is -0.156. The van der Waals surface area contributed by atoms with Crippen LogP contribution in [0.5, 0.6) is 0 Å². The average molecular weight is 343 g/mol. The number of rotatable bonds is 4. The van der Waals surface area contributed by atoms with Crippen molar-refractivity contribution in [3.05, 3.63) is 34.9 Å². The Morgan fingerprint density at radius 1 is 1.43 bits per heavy atom. The fourth-order valence-corrected chi connectivity index (χ4v) is 4.03. The fourth-order valence-electron chi connectivity index (χ4n) is 2.58. The van der Waals surface area contributed by atoms with Crippen LogP contribution in [0.15, 0.2) is 24.3 Å². The van der Waals surface area contributed by atoms with E-state index in [0.717, 1.165) is 18.4 Å². The van der Waals surface area contributed by atoms with Gasteiger partial charge in [0.1, 0.15) is 0 Å². The number of halogens is 1. The topological polar surface area (TPSA) is 46.3 Å². The Labute approximate surface area is 140 Å². The molecule has 1 aromatic rings. The van der Waals surface area contributed by atoms with Gasteiger partial charge in [0.15, 0.2) is 0 Å². The Bertz CT molecular complexity index is 542. The minimum Gasteiger partial charge on any atom is -0.392 e. The van der Waals surface area contributed by atoms with Crippen LogP contribution in [0.1, 0.15) is 18.4 Å². The van der Waals surface area contributed by atoms with E-state index < -0.39 is 0 Å². The molecule has 0 aliphatic carbocycles. The molecule has 1 aliphatic rings. The van der Waals surface area contributed by atoms with Gasteiger partial charge in [-0.3, -0.25) is 4.79 Å². The Morgan fingerprint density at radius 2 is 2.05 bits per heavy atom. The molecular formula is C15H19ClN2OS2. The van der Waals surface area contributed by atoms with Gasteiger partial charge in [-0.15, -0.1) is 0 Å². The number of nitrogens with two attached hydrogens (primary N) is 1. The van der Waals surface area contributed by atoms with E-state index in [9.17, 15) is 4.79 Å². The van der Waals surface area contributed by atoms with Gasteiger partial charge in [0, 0.05) is 18.1 Å². The number of benzene rings is 1. The summed E-state index contributed by atoms with van der Waals surface area (Å²) in [4.78, 5) is 14.8. The lowest BCUT2D eigenvalue weighted by Gasteiger charge is -2.40. The first-order valence-electron chi connectivity index (χ1n) is 6.85. The van der Waals surface area contributed by atoms with Crippen molar-refractivity contribution in [2.45, 2.75) is 24.0 Å². The third-order valence-corrected chi connectivity index (χ3v) is 6.36. The Kier molecular flexibility index (Phi) is 5.52. The summed E-state index contributed by atoms with van der Waals surface area (Å²) in [6, 6.07) is 7.47. The van der Waals surface area contributed by atoms with E-state index in [1.807, 2.05) is 35.4 Å². The molecule has 0 atom stereocenters. The molecule has 1 heterocycles. The van der Waals surface area contributed by atoms with Crippen molar-refractivity contribution < 1.29 is 4.79 Å². The number of hydrogen-bond acceptors (Lipinski definition) is 3. The van der Waals surface area contributed by atoms with E-state index in [1.165, 1.54) is 0 Å². The molecule has 1 aromatic carbocycles. The third-order valence-electron chi connectivity index (χ3n) is 4.06. The highest BCUT2D eigenvalue weighted by molar-refractivity contribution is 8.02. The highest BCUT2D eigenvalue weighted by Crippen LogP contribution is 2.35. The van der Waals surface area contributed by atoms with Gasteiger partial charge in [0.2, 0.25) is 5.91 Å². The van der Waals surface area contributed by atoms with Crippen molar-refractivity contribution >= 4 is 46.5 Å². The van der Waals surface area contributed by atoms with Crippen molar-refractivity contribution in [3.8, 4) is 0 Å². The van der Waals surface area contributed by atoms with Gasteiger partial charge in [-0.1, -0.05) is 42.0 Å². The monoisotopic (exact) mass is 342 g/mol. The minimum atomic E-state index is -0.156. The Morgan fingerprint density at radius 3 is 2.57 bits per heavy atom. The first kappa shape index (κ1) is 16.6. The maximum Gasteiger partial charge on any atom is 0.227 e. The Balaban J connectivity index is 1.98. The molecule has 21 heavy (non-hydrogen) atoms. The standard InChI is InChI=1S/C15H19ClN2OS2/c1-21-15(14(17)20)6-8-18(9-7-15)13(19)10-11-4-2-3-5-12(11)16/h2-5H,6-10H2,1H3,(H2,17,20). The van der Waals surface area contributed by atoms with E-state index in [0.29, 0.717) is 29.5 Å². The van der Waals surface area contributed by atoms with Gasteiger partial charge in [-0.05, 0) is 30.7 Å². The second-order valence-corrected chi connectivity index (χ2v) is 7.25. The van der Waals surface area contributed by atoms with Crippen LogP contribution in [0.4, 0.5) is 0 Å². The van der Waals surface area contributed by atoms with Gasteiger partial charge in [0.25, 0.3) is 0 Å².